The number of carbonyl (C=O) groups excluding carboxylic acids is 1. The minimum absolute atomic E-state index is 0.110. The molecule has 0 unspecified atom stereocenters. The van der Waals surface area contributed by atoms with Crippen molar-refractivity contribution < 1.29 is 14.6 Å². The molecule has 1 amide bonds. The number of amides is 1. The zero-order valence-corrected chi connectivity index (χ0v) is 11.2. The normalized spacial score (nSPS) is 10.4. The number of non-ortho nitro benzene ring substituents is 1. The van der Waals surface area contributed by atoms with Crippen LogP contribution in [0.5, 0.6) is 0 Å². The maximum atomic E-state index is 11.1. The van der Waals surface area contributed by atoms with E-state index in [0.29, 0.717) is 12.1 Å². The predicted molar refractivity (Wildman–Crippen MR) is 74.4 cm³/mol. The molecular weight excluding hydrogens is 294 g/mol. The highest BCUT2D eigenvalue weighted by atomic mass is 16.6. The van der Waals surface area contributed by atoms with Crippen molar-refractivity contribution in [3.05, 3.63) is 56.6 Å². The zero-order chi connectivity index (χ0) is 16.3. The van der Waals surface area contributed by atoms with E-state index in [0.717, 1.165) is 6.07 Å². The Morgan fingerprint density at radius 1 is 1.27 bits per heavy atom. The lowest BCUT2D eigenvalue weighted by atomic mass is 10.2. The summed E-state index contributed by atoms with van der Waals surface area (Å²) >= 11 is 0. The Morgan fingerprint density at radius 2 is 2.00 bits per heavy atom. The number of benzene rings is 1. The molecule has 0 spiro atoms. The van der Waals surface area contributed by atoms with Gasteiger partial charge in [0.05, 0.1) is 27.9 Å². The first-order valence-corrected chi connectivity index (χ1v) is 6.13. The highest BCUT2D eigenvalue weighted by molar-refractivity contribution is 5.73. The summed E-state index contributed by atoms with van der Waals surface area (Å²) in [6, 6.07) is 3.33. The second kappa shape index (κ2) is 5.99. The van der Waals surface area contributed by atoms with E-state index in [-0.39, 0.29) is 17.8 Å². The van der Waals surface area contributed by atoms with Crippen molar-refractivity contribution in [2.45, 2.75) is 12.8 Å². The van der Waals surface area contributed by atoms with Crippen LogP contribution >= 0.6 is 0 Å². The fourth-order valence-corrected chi connectivity index (χ4v) is 1.87. The molecule has 1 aromatic carbocycles. The summed E-state index contributed by atoms with van der Waals surface area (Å²) in [4.78, 5) is 35.1. The number of primary amides is 1. The lowest BCUT2D eigenvalue weighted by Gasteiger charge is -2.03. The van der Waals surface area contributed by atoms with Gasteiger partial charge >= 0.3 is 0 Å². The quantitative estimate of drug-likeness (QED) is 0.624. The fraction of sp³-hybridized carbons (Fsp3) is 0.167. The third-order valence-electron chi connectivity index (χ3n) is 2.91. The largest absolute Gasteiger partial charge is 0.370 e. The molecule has 0 radical (unpaired) electrons. The SMILES string of the molecule is NC(=O)CCc1cn(-c2ccc([N+](=O)[O-])cc2[N+](=O)[O-])cn1. The number of nitrogens with two attached hydrogens (primary N) is 1. The van der Waals surface area contributed by atoms with E-state index in [1.54, 1.807) is 0 Å². The Hall–Kier alpha value is -3.30. The van der Waals surface area contributed by atoms with Gasteiger partial charge in [0.25, 0.3) is 11.4 Å². The van der Waals surface area contributed by atoms with E-state index >= 15 is 0 Å². The Kier molecular flexibility index (Phi) is 4.11. The number of nitrogens with zero attached hydrogens (tertiary/aromatic N) is 4. The standard InChI is InChI=1S/C12H11N5O5/c13-12(18)4-1-8-6-15(7-14-8)10-3-2-9(16(19)20)5-11(10)17(21)22/h2-3,5-7H,1,4H2,(H2,13,18). The summed E-state index contributed by atoms with van der Waals surface area (Å²) in [7, 11) is 0. The Bertz CT molecular complexity index is 754. The second-order valence-electron chi connectivity index (χ2n) is 4.43. The van der Waals surface area contributed by atoms with Crippen LogP contribution in [0.4, 0.5) is 11.4 Å². The average molecular weight is 305 g/mol. The zero-order valence-electron chi connectivity index (χ0n) is 11.2. The van der Waals surface area contributed by atoms with Gasteiger partial charge in [-0.05, 0) is 12.5 Å². The van der Waals surface area contributed by atoms with Gasteiger partial charge in [-0.25, -0.2) is 4.98 Å². The van der Waals surface area contributed by atoms with E-state index in [4.69, 9.17) is 5.73 Å². The van der Waals surface area contributed by atoms with Crippen molar-refractivity contribution in [1.29, 1.82) is 0 Å². The number of hydrogen-bond acceptors (Lipinski definition) is 6. The number of hydrogen-bond donors (Lipinski definition) is 1. The van der Waals surface area contributed by atoms with Crippen molar-refractivity contribution in [2.75, 3.05) is 0 Å². The third-order valence-corrected chi connectivity index (χ3v) is 2.91. The van der Waals surface area contributed by atoms with E-state index in [2.05, 4.69) is 4.98 Å². The Morgan fingerprint density at radius 3 is 2.59 bits per heavy atom. The first-order valence-electron chi connectivity index (χ1n) is 6.13. The Balaban J connectivity index is 2.37. The number of aryl methyl sites for hydroxylation is 1. The van der Waals surface area contributed by atoms with E-state index in [9.17, 15) is 25.0 Å². The van der Waals surface area contributed by atoms with E-state index in [1.165, 1.54) is 29.2 Å². The molecule has 1 heterocycles. The monoisotopic (exact) mass is 305 g/mol. The van der Waals surface area contributed by atoms with Gasteiger partial charge in [-0.3, -0.25) is 29.6 Å². The summed E-state index contributed by atoms with van der Waals surface area (Å²) in [6.07, 6.45) is 3.27. The van der Waals surface area contributed by atoms with Crippen molar-refractivity contribution in [3.63, 3.8) is 0 Å². The molecule has 0 atom stereocenters. The van der Waals surface area contributed by atoms with Crippen molar-refractivity contribution in [2.24, 2.45) is 5.73 Å². The molecular formula is C12H11N5O5. The van der Waals surface area contributed by atoms with Gasteiger partial charge < -0.3 is 5.73 Å². The molecule has 0 fully saturated rings. The molecule has 10 nitrogen and oxygen atoms in total. The molecule has 0 aliphatic carbocycles. The van der Waals surface area contributed by atoms with Crippen molar-refractivity contribution >= 4 is 17.3 Å². The third kappa shape index (κ3) is 3.23. The number of rotatable bonds is 6. The smallest absolute Gasteiger partial charge is 0.300 e. The van der Waals surface area contributed by atoms with Crippen LogP contribution in [0.25, 0.3) is 5.69 Å². The number of nitro groups is 2. The van der Waals surface area contributed by atoms with Crippen LogP contribution in [0, 0.1) is 20.2 Å². The van der Waals surface area contributed by atoms with Gasteiger partial charge in [-0.2, -0.15) is 0 Å². The van der Waals surface area contributed by atoms with Gasteiger partial charge in [-0.1, -0.05) is 0 Å². The molecule has 0 saturated heterocycles. The molecule has 22 heavy (non-hydrogen) atoms. The van der Waals surface area contributed by atoms with Gasteiger partial charge in [0.15, 0.2) is 0 Å². The summed E-state index contributed by atoms with van der Waals surface area (Å²) in [5, 5.41) is 21.8. The number of aromatic nitrogens is 2. The molecule has 1 aromatic heterocycles. The van der Waals surface area contributed by atoms with E-state index < -0.39 is 21.4 Å². The molecule has 2 N–H and O–H groups in total. The molecule has 0 bridgehead atoms. The minimum atomic E-state index is -0.705. The first kappa shape index (κ1) is 15.1. The average Bonchev–Trinajstić information content (AvgIpc) is 2.93. The number of imidazole rings is 1. The van der Waals surface area contributed by atoms with Gasteiger partial charge in [0, 0.05) is 18.7 Å². The van der Waals surface area contributed by atoms with Crippen LogP contribution in [0.15, 0.2) is 30.7 Å². The number of carbonyl (C=O) groups is 1. The molecule has 10 heteroatoms. The van der Waals surface area contributed by atoms with Crippen LogP contribution < -0.4 is 5.73 Å². The van der Waals surface area contributed by atoms with Crippen LogP contribution in [0.1, 0.15) is 12.1 Å². The molecule has 0 aliphatic heterocycles. The molecule has 2 rings (SSSR count). The Labute approximate surface area is 123 Å². The second-order valence-corrected chi connectivity index (χ2v) is 4.43. The topological polar surface area (TPSA) is 147 Å². The van der Waals surface area contributed by atoms with Crippen LogP contribution in [-0.2, 0) is 11.2 Å². The molecule has 114 valence electrons. The molecule has 2 aromatic rings. The maximum absolute atomic E-state index is 11.1. The van der Waals surface area contributed by atoms with Crippen LogP contribution in [0.2, 0.25) is 0 Å². The summed E-state index contributed by atoms with van der Waals surface area (Å²) < 4.78 is 1.37. The summed E-state index contributed by atoms with van der Waals surface area (Å²) in [5.41, 5.74) is 4.94. The van der Waals surface area contributed by atoms with Crippen molar-refractivity contribution in [3.8, 4) is 5.69 Å². The fourth-order valence-electron chi connectivity index (χ4n) is 1.87. The predicted octanol–water partition coefficient (Wildman–Crippen LogP) is 1.11. The van der Waals surface area contributed by atoms with Crippen LogP contribution in [-0.4, -0.2) is 25.3 Å². The summed E-state index contributed by atoms with van der Waals surface area (Å²) in [6.45, 7) is 0. The lowest BCUT2D eigenvalue weighted by molar-refractivity contribution is -0.394. The summed E-state index contributed by atoms with van der Waals surface area (Å²) in [5.74, 6) is -0.476. The molecule has 0 saturated carbocycles. The maximum Gasteiger partial charge on any atom is 0.300 e. The molecule has 0 aliphatic rings. The highest BCUT2D eigenvalue weighted by Gasteiger charge is 2.20. The van der Waals surface area contributed by atoms with Gasteiger partial charge in [0.1, 0.15) is 5.69 Å². The van der Waals surface area contributed by atoms with E-state index in [1.807, 2.05) is 0 Å². The van der Waals surface area contributed by atoms with Gasteiger partial charge in [-0.15, -0.1) is 0 Å². The minimum Gasteiger partial charge on any atom is -0.370 e. The van der Waals surface area contributed by atoms with Crippen LogP contribution in [0.3, 0.4) is 0 Å². The highest BCUT2D eigenvalue weighted by Crippen LogP contribution is 2.27. The van der Waals surface area contributed by atoms with Gasteiger partial charge in [0.2, 0.25) is 5.91 Å². The lowest BCUT2D eigenvalue weighted by Crippen LogP contribution is -2.11. The van der Waals surface area contributed by atoms with Crippen molar-refractivity contribution in [1.82, 2.24) is 9.55 Å². The number of nitro benzene ring substituents is 2. The first-order chi connectivity index (χ1) is 10.4.